The molecular weight excluding hydrogens is 416 g/mol. The number of nitrogens with one attached hydrogen (secondary N) is 2. The number of H-pyrrole nitrogens is 1. The van der Waals surface area contributed by atoms with Gasteiger partial charge in [0.25, 0.3) is 11.3 Å². The number of hydrogen-bond acceptors (Lipinski definition) is 6. The highest BCUT2D eigenvalue weighted by Crippen LogP contribution is 2.31. The number of ketones is 1. The summed E-state index contributed by atoms with van der Waals surface area (Å²) in [5, 5.41) is 10.6. The van der Waals surface area contributed by atoms with Crippen LogP contribution < -0.4 is 10.2 Å². The van der Waals surface area contributed by atoms with Gasteiger partial charge in [0.2, 0.25) is 5.78 Å². The van der Waals surface area contributed by atoms with Crippen LogP contribution >= 0.6 is 0 Å². The maximum absolute atomic E-state index is 14.9. The molecule has 1 unspecified atom stereocenters. The Bertz CT molecular complexity index is 1160. The van der Waals surface area contributed by atoms with Gasteiger partial charge in [0.05, 0.1) is 11.3 Å². The molecule has 156 valence electrons. The Morgan fingerprint density at radius 2 is 2.10 bits per heavy atom. The Morgan fingerprint density at radius 1 is 1.37 bits per heavy atom. The molecular formula is C18H17BFN3O6S. The summed E-state index contributed by atoms with van der Waals surface area (Å²) in [6, 6.07) is 2.13. The fourth-order valence-corrected chi connectivity index (χ4v) is 3.79. The highest BCUT2D eigenvalue weighted by atomic mass is 32.2. The highest BCUT2D eigenvalue weighted by Gasteiger charge is 2.30. The largest absolute Gasteiger partial charge is 0.507 e. The van der Waals surface area contributed by atoms with Gasteiger partial charge in [-0.25, -0.2) is 13.6 Å². The number of hydrogen-bond donors (Lipinski definition) is 4. The zero-order valence-corrected chi connectivity index (χ0v) is 16.6. The second kappa shape index (κ2) is 8.15. The Balaban J connectivity index is 1.82. The molecule has 1 atom stereocenters. The van der Waals surface area contributed by atoms with Crippen molar-refractivity contribution in [3.63, 3.8) is 0 Å². The first-order valence-electron chi connectivity index (χ1n) is 9.02. The number of phenols is 1. The molecule has 30 heavy (non-hydrogen) atoms. The van der Waals surface area contributed by atoms with Gasteiger partial charge in [0.1, 0.15) is 17.0 Å². The monoisotopic (exact) mass is 433 g/mol. The van der Waals surface area contributed by atoms with Crippen molar-refractivity contribution in [2.75, 3.05) is 17.9 Å². The number of fused-ring (bicyclic) bond motifs is 1. The lowest BCUT2D eigenvalue weighted by atomic mass is 9.75. The smallest absolute Gasteiger partial charge is 0.495 e. The quantitative estimate of drug-likeness (QED) is 0.208. The number of halogens is 1. The first kappa shape index (κ1) is 20.5. The number of anilines is 1. The maximum Gasteiger partial charge on any atom is 0.495 e. The molecule has 2 aromatic heterocycles. The number of aromatic hydroxyl groups is 1. The number of rotatable bonds is 5. The minimum Gasteiger partial charge on any atom is -0.507 e. The van der Waals surface area contributed by atoms with Gasteiger partial charge < -0.3 is 19.4 Å². The van der Waals surface area contributed by atoms with Crippen LogP contribution in [0.15, 0.2) is 24.5 Å². The molecule has 0 bridgehead atoms. The first-order chi connectivity index (χ1) is 14.4. The molecule has 1 aliphatic rings. The maximum atomic E-state index is 14.9. The predicted octanol–water partition coefficient (Wildman–Crippen LogP) is 1.63. The van der Waals surface area contributed by atoms with Crippen molar-refractivity contribution in [2.24, 2.45) is 0 Å². The summed E-state index contributed by atoms with van der Waals surface area (Å²) in [7, 11) is -0.620. The van der Waals surface area contributed by atoms with Gasteiger partial charge >= 0.3 is 7.12 Å². The van der Waals surface area contributed by atoms with Crippen molar-refractivity contribution < 1.29 is 32.4 Å². The van der Waals surface area contributed by atoms with Crippen molar-refractivity contribution in [3.8, 4) is 5.75 Å². The van der Waals surface area contributed by atoms with E-state index in [9.17, 15) is 18.5 Å². The predicted molar refractivity (Wildman–Crippen MR) is 109 cm³/mol. The molecule has 12 heteroatoms. The van der Waals surface area contributed by atoms with Crippen molar-refractivity contribution >= 4 is 46.4 Å². The SMILES string of the molecule is Cc1c(B2OCCCO2)cnc2[nH]cc(C(=O)c3c(O)ccc(NS(=O)O)c3F)c12. The van der Waals surface area contributed by atoms with Crippen LogP contribution in [0.5, 0.6) is 5.75 Å². The molecule has 1 aliphatic heterocycles. The zero-order chi connectivity index (χ0) is 21.4. The minimum absolute atomic E-state index is 0.0872. The molecule has 1 aromatic carbocycles. The van der Waals surface area contributed by atoms with Gasteiger partial charge in [-0.15, -0.1) is 0 Å². The third-order valence-corrected chi connectivity index (χ3v) is 5.26. The van der Waals surface area contributed by atoms with E-state index in [1.165, 1.54) is 6.20 Å². The number of carbonyl (C=O) groups is 1. The molecule has 3 heterocycles. The fourth-order valence-electron chi connectivity index (χ4n) is 3.44. The molecule has 1 saturated heterocycles. The summed E-state index contributed by atoms with van der Waals surface area (Å²) in [5.74, 6) is -2.55. The Kier molecular flexibility index (Phi) is 5.56. The second-order valence-electron chi connectivity index (χ2n) is 6.69. The van der Waals surface area contributed by atoms with Crippen LogP contribution in [0.2, 0.25) is 0 Å². The number of nitrogens with zero attached hydrogens (tertiary/aromatic N) is 1. The summed E-state index contributed by atoms with van der Waals surface area (Å²) < 4.78 is 48.0. The average molecular weight is 433 g/mol. The molecule has 4 N–H and O–H groups in total. The zero-order valence-electron chi connectivity index (χ0n) is 15.8. The molecule has 0 aliphatic carbocycles. The van der Waals surface area contributed by atoms with Crippen molar-refractivity contribution in [1.82, 2.24) is 9.97 Å². The second-order valence-corrected chi connectivity index (χ2v) is 7.40. The molecule has 4 rings (SSSR count). The summed E-state index contributed by atoms with van der Waals surface area (Å²) in [6.07, 6.45) is 3.75. The Hall–Kier alpha value is -2.80. The Morgan fingerprint density at radius 3 is 2.80 bits per heavy atom. The van der Waals surface area contributed by atoms with Crippen molar-refractivity contribution in [2.45, 2.75) is 13.3 Å². The molecule has 0 spiro atoms. The third-order valence-electron chi connectivity index (χ3n) is 4.87. The lowest BCUT2D eigenvalue weighted by Crippen LogP contribution is -2.42. The number of phenolic OH excluding ortho intramolecular Hbond substituents is 1. The molecule has 0 saturated carbocycles. The number of aromatic amines is 1. The van der Waals surface area contributed by atoms with Crippen LogP contribution in [0.1, 0.15) is 27.9 Å². The van der Waals surface area contributed by atoms with Crippen LogP contribution in [-0.2, 0) is 20.6 Å². The van der Waals surface area contributed by atoms with Crippen LogP contribution in [0.3, 0.4) is 0 Å². The van der Waals surface area contributed by atoms with Gasteiger partial charge in [-0.3, -0.25) is 14.1 Å². The normalized spacial score (nSPS) is 15.4. The Labute approximate surface area is 173 Å². The molecule has 1 fully saturated rings. The summed E-state index contributed by atoms with van der Waals surface area (Å²) >= 11 is -2.55. The van der Waals surface area contributed by atoms with Crippen LogP contribution in [0.25, 0.3) is 11.0 Å². The highest BCUT2D eigenvalue weighted by molar-refractivity contribution is 7.80. The van der Waals surface area contributed by atoms with E-state index in [1.54, 1.807) is 13.1 Å². The van der Waals surface area contributed by atoms with Gasteiger partial charge in [0, 0.05) is 36.5 Å². The molecule has 3 aromatic rings. The van der Waals surface area contributed by atoms with E-state index in [2.05, 4.69) is 9.97 Å². The van der Waals surface area contributed by atoms with E-state index in [4.69, 9.17) is 13.9 Å². The van der Waals surface area contributed by atoms with E-state index in [0.717, 1.165) is 18.6 Å². The number of aryl methyl sites for hydroxylation is 1. The van der Waals surface area contributed by atoms with Crippen molar-refractivity contribution in [1.29, 1.82) is 0 Å². The lowest BCUT2D eigenvalue weighted by molar-refractivity contribution is 0.103. The van der Waals surface area contributed by atoms with Gasteiger partial charge in [-0.1, -0.05) is 0 Å². The number of pyridine rings is 1. The summed E-state index contributed by atoms with van der Waals surface area (Å²) in [4.78, 5) is 20.3. The van der Waals surface area contributed by atoms with Crippen molar-refractivity contribution in [3.05, 3.63) is 47.0 Å². The van der Waals surface area contributed by atoms with E-state index in [-0.39, 0.29) is 5.56 Å². The van der Waals surface area contributed by atoms with Gasteiger partial charge in [0.15, 0.2) is 5.82 Å². The fraction of sp³-hybridized carbons (Fsp3) is 0.222. The summed E-state index contributed by atoms with van der Waals surface area (Å²) in [6.45, 7) is 2.84. The van der Waals surface area contributed by atoms with Gasteiger partial charge in [-0.2, -0.15) is 0 Å². The molecule has 0 radical (unpaired) electrons. The average Bonchev–Trinajstić information content (AvgIpc) is 3.16. The van der Waals surface area contributed by atoms with E-state index >= 15 is 0 Å². The van der Waals surface area contributed by atoms with Crippen LogP contribution in [0.4, 0.5) is 10.1 Å². The first-order valence-corrected chi connectivity index (χ1v) is 10.1. The third kappa shape index (κ3) is 3.58. The van der Waals surface area contributed by atoms with Crippen LogP contribution in [-0.4, -0.2) is 50.0 Å². The number of carbonyl (C=O) groups excluding carboxylic acids is 1. The van der Waals surface area contributed by atoms with E-state index < -0.39 is 47.0 Å². The summed E-state index contributed by atoms with van der Waals surface area (Å²) in [5.41, 5.74) is 0.789. The van der Waals surface area contributed by atoms with E-state index in [0.29, 0.717) is 35.3 Å². The molecule has 0 amide bonds. The standard InChI is InChI=1S/C18H17BFN3O6S/c1-9-11(19-28-5-2-6-29-19)8-22-18-14(9)10(7-21-18)17(25)15-13(24)4-3-12(16(15)20)23-30(26)27/h3-4,7-8,23-24H,2,5-6H2,1H3,(H,21,22)(H,26,27). The topological polar surface area (TPSA) is 134 Å². The van der Waals surface area contributed by atoms with E-state index in [1.807, 2.05) is 4.72 Å². The minimum atomic E-state index is -2.55. The number of benzene rings is 1. The lowest BCUT2D eigenvalue weighted by Gasteiger charge is -2.21. The van der Waals surface area contributed by atoms with Crippen LogP contribution in [0, 0.1) is 12.7 Å². The number of aromatic nitrogens is 2. The van der Waals surface area contributed by atoms with Gasteiger partial charge in [-0.05, 0) is 31.0 Å². The molecule has 9 nitrogen and oxygen atoms in total.